The van der Waals surface area contributed by atoms with Crippen LogP contribution in [-0.4, -0.2) is 33.6 Å². The Morgan fingerprint density at radius 1 is 1.37 bits per heavy atom. The molecule has 0 spiro atoms. The first kappa shape index (κ1) is 19.3. The van der Waals surface area contributed by atoms with Gasteiger partial charge in [0.15, 0.2) is 10.6 Å². The number of amides is 2. The highest BCUT2D eigenvalue weighted by Crippen LogP contribution is 2.26. The standard InChI is InChI=1S/C17H16ClN5O2S2/c1-9(23-14(21-22-17(23)26)13-4-3-7-27-13)15(24)20-10-5-6-12(18)11(8-10)16(25)19-2/h3-9H,1-2H3,(H,19,25)(H,20,24)(H,22,26). The van der Waals surface area contributed by atoms with Gasteiger partial charge in [0.05, 0.1) is 15.5 Å². The number of rotatable bonds is 5. The van der Waals surface area contributed by atoms with Crippen LogP contribution in [0.15, 0.2) is 35.7 Å². The van der Waals surface area contributed by atoms with Crippen molar-refractivity contribution in [2.45, 2.75) is 13.0 Å². The normalized spacial score (nSPS) is 11.8. The molecule has 140 valence electrons. The molecule has 2 amide bonds. The summed E-state index contributed by atoms with van der Waals surface area (Å²) in [4.78, 5) is 25.5. The van der Waals surface area contributed by atoms with Crippen LogP contribution in [0.4, 0.5) is 5.69 Å². The van der Waals surface area contributed by atoms with Crippen molar-refractivity contribution in [3.05, 3.63) is 51.1 Å². The van der Waals surface area contributed by atoms with Crippen LogP contribution < -0.4 is 10.6 Å². The number of thiophene rings is 1. The average molecular weight is 422 g/mol. The molecule has 3 rings (SSSR count). The minimum absolute atomic E-state index is 0.281. The molecule has 0 radical (unpaired) electrons. The van der Waals surface area contributed by atoms with Crippen LogP contribution >= 0.6 is 35.2 Å². The molecular formula is C17H16ClN5O2S2. The van der Waals surface area contributed by atoms with Gasteiger partial charge in [0.25, 0.3) is 5.91 Å². The van der Waals surface area contributed by atoms with Gasteiger partial charge in [0, 0.05) is 12.7 Å². The Morgan fingerprint density at radius 3 is 2.81 bits per heavy atom. The van der Waals surface area contributed by atoms with E-state index < -0.39 is 6.04 Å². The number of nitrogens with one attached hydrogen (secondary N) is 3. The summed E-state index contributed by atoms with van der Waals surface area (Å²) in [5, 5.41) is 14.5. The summed E-state index contributed by atoms with van der Waals surface area (Å²) in [5.41, 5.74) is 0.742. The van der Waals surface area contributed by atoms with Gasteiger partial charge < -0.3 is 10.6 Å². The van der Waals surface area contributed by atoms with Gasteiger partial charge in [-0.2, -0.15) is 5.10 Å². The molecule has 0 bridgehead atoms. The molecule has 3 N–H and O–H groups in total. The van der Waals surface area contributed by atoms with E-state index in [0.29, 0.717) is 21.3 Å². The van der Waals surface area contributed by atoms with Gasteiger partial charge >= 0.3 is 0 Å². The number of aromatic amines is 1. The zero-order valence-corrected chi connectivity index (χ0v) is 16.8. The van der Waals surface area contributed by atoms with E-state index in [-0.39, 0.29) is 17.4 Å². The second kappa shape index (κ2) is 8.03. The third kappa shape index (κ3) is 3.95. The highest BCUT2D eigenvalue weighted by atomic mass is 35.5. The summed E-state index contributed by atoms with van der Waals surface area (Å²) in [7, 11) is 1.51. The molecule has 0 aliphatic carbocycles. The number of anilines is 1. The molecule has 1 atom stereocenters. The lowest BCUT2D eigenvalue weighted by molar-refractivity contribution is -0.118. The van der Waals surface area contributed by atoms with Crippen molar-refractivity contribution in [1.82, 2.24) is 20.1 Å². The fourth-order valence-electron chi connectivity index (χ4n) is 2.52. The summed E-state index contributed by atoms with van der Waals surface area (Å²) in [5.74, 6) is -0.0310. The lowest BCUT2D eigenvalue weighted by Gasteiger charge is -2.16. The Kier molecular flexibility index (Phi) is 5.73. The minimum atomic E-state index is -0.618. The minimum Gasteiger partial charge on any atom is -0.355 e. The van der Waals surface area contributed by atoms with E-state index in [4.69, 9.17) is 23.8 Å². The Labute approximate surface area is 169 Å². The third-order valence-electron chi connectivity index (χ3n) is 3.92. The van der Waals surface area contributed by atoms with Crippen LogP contribution in [0.2, 0.25) is 5.02 Å². The van der Waals surface area contributed by atoms with Gasteiger partial charge in [-0.1, -0.05) is 17.7 Å². The molecule has 0 fully saturated rings. The largest absolute Gasteiger partial charge is 0.355 e. The number of carbonyl (C=O) groups excluding carboxylic acids is 2. The molecule has 27 heavy (non-hydrogen) atoms. The first-order valence-corrected chi connectivity index (χ1v) is 9.62. The van der Waals surface area contributed by atoms with Crippen molar-refractivity contribution in [2.75, 3.05) is 12.4 Å². The molecule has 1 aromatic carbocycles. The smallest absolute Gasteiger partial charge is 0.252 e. The Hall–Kier alpha value is -2.49. The van der Waals surface area contributed by atoms with Gasteiger partial charge in [-0.3, -0.25) is 19.3 Å². The number of carbonyl (C=O) groups is 2. The zero-order valence-electron chi connectivity index (χ0n) is 14.4. The van der Waals surface area contributed by atoms with Crippen molar-refractivity contribution >= 4 is 52.7 Å². The Balaban J connectivity index is 1.87. The maximum absolute atomic E-state index is 12.8. The lowest BCUT2D eigenvalue weighted by Crippen LogP contribution is -2.25. The third-order valence-corrected chi connectivity index (χ3v) is 5.40. The maximum atomic E-state index is 12.8. The molecule has 2 heterocycles. The molecule has 0 aliphatic heterocycles. The predicted molar refractivity (Wildman–Crippen MR) is 109 cm³/mol. The molecular weight excluding hydrogens is 406 g/mol. The molecule has 0 aliphatic rings. The van der Waals surface area contributed by atoms with Crippen molar-refractivity contribution in [3.8, 4) is 10.7 Å². The van der Waals surface area contributed by atoms with Crippen molar-refractivity contribution < 1.29 is 9.59 Å². The monoisotopic (exact) mass is 421 g/mol. The lowest BCUT2D eigenvalue weighted by atomic mass is 10.1. The number of hydrogen-bond donors (Lipinski definition) is 3. The van der Waals surface area contributed by atoms with E-state index in [2.05, 4.69) is 20.8 Å². The topological polar surface area (TPSA) is 91.8 Å². The van der Waals surface area contributed by atoms with Gasteiger partial charge in [-0.05, 0) is 48.8 Å². The van der Waals surface area contributed by atoms with Gasteiger partial charge in [0.2, 0.25) is 5.91 Å². The number of hydrogen-bond acceptors (Lipinski definition) is 5. The highest BCUT2D eigenvalue weighted by Gasteiger charge is 2.22. The second-order valence-corrected chi connectivity index (χ2v) is 7.38. The molecule has 0 saturated heterocycles. The van der Waals surface area contributed by atoms with Crippen LogP contribution in [-0.2, 0) is 4.79 Å². The molecule has 3 aromatic rings. The summed E-state index contributed by atoms with van der Waals surface area (Å²) in [6.07, 6.45) is 0. The summed E-state index contributed by atoms with van der Waals surface area (Å²) < 4.78 is 2.01. The average Bonchev–Trinajstić information content (AvgIpc) is 3.31. The van der Waals surface area contributed by atoms with Crippen LogP contribution in [0.3, 0.4) is 0 Å². The molecule has 2 aromatic heterocycles. The number of halogens is 1. The van der Waals surface area contributed by atoms with Gasteiger partial charge in [0.1, 0.15) is 6.04 Å². The summed E-state index contributed by atoms with van der Waals surface area (Å²) >= 11 is 12.8. The quantitative estimate of drug-likeness (QED) is 0.545. The highest BCUT2D eigenvalue weighted by molar-refractivity contribution is 7.71. The first-order valence-electron chi connectivity index (χ1n) is 7.95. The number of H-pyrrole nitrogens is 1. The SMILES string of the molecule is CNC(=O)c1cc(NC(=O)C(C)n2c(-c3cccs3)n[nH]c2=S)ccc1Cl. The van der Waals surface area contributed by atoms with Crippen LogP contribution in [0, 0.1) is 4.77 Å². The summed E-state index contributed by atoms with van der Waals surface area (Å²) in [6.45, 7) is 1.73. The van der Waals surface area contributed by atoms with Crippen molar-refractivity contribution in [2.24, 2.45) is 0 Å². The van der Waals surface area contributed by atoms with E-state index in [1.54, 1.807) is 23.6 Å². The number of benzene rings is 1. The zero-order chi connectivity index (χ0) is 19.6. The Bertz CT molecular complexity index is 1040. The molecule has 10 heteroatoms. The van der Waals surface area contributed by atoms with E-state index in [1.165, 1.54) is 24.5 Å². The fourth-order valence-corrected chi connectivity index (χ4v) is 3.72. The molecule has 1 unspecified atom stereocenters. The van der Waals surface area contributed by atoms with E-state index in [9.17, 15) is 9.59 Å². The van der Waals surface area contributed by atoms with Gasteiger partial charge in [-0.25, -0.2) is 0 Å². The number of aromatic nitrogens is 3. The molecule has 0 saturated carbocycles. The van der Waals surface area contributed by atoms with E-state index >= 15 is 0 Å². The predicted octanol–water partition coefficient (Wildman–Crippen LogP) is 3.88. The van der Waals surface area contributed by atoms with Crippen molar-refractivity contribution in [1.29, 1.82) is 0 Å². The van der Waals surface area contributed by atoms with Crippen molar-refractivity contribution in [3.63, 3.8) is 0 Å². The van der Waals surface area contributed by atoms with E-state index in [0.717, 1.165) is 4.88 Å². The van der Waals surface area contributed by atoms with Crippen LogP contribution in [0.5, 0.6) is 0 Å². The van der Waals surface area contributed by atoms with Gasteiger partial charge in [-0.15, -0.1) is 11.3 Å². The van der Waals surface area contributed by atoms with Crippen LogP contribution in [0.25, 0.3) is 10.7 Å². The Morgan fingerprint density at radius 2 is 2.15 bits per heavy atom. The van der Waals surface area contributed by atoms with E-state index in [1.807, 2.05) is 17.5 Å². The maximum Gasteiger partial charge on any atom is 0.252 e. The number of nitrogens with zero attached hydrogens (tertiary/aromatic N) is 2. The first-order chi connectivity index (χ1) is 12.9. The second-order valence-electron chi connectivity index (χ2n) is 5.64. The van der Waals surface area contributed by atoms with Crippen LogP contribution in [0.1, 0.15) is 23.3 Å². The molecule has 7 nitrogen and oxygen atoms in total. The fraction of sp³-hybridized carbons (Fsp3) is 0.176. The summed E-state index contributed by atoms with van der Waals surface area (Å²) in [6, 6.07) is 7.92.